The fourth-order valence-electron chi connectivity index (χ4n) is 4.60. The van der Waals surface area contributed by atoms with Gasteiger partial charge in [-0.1, -0.05) is 30.7 Å². The third kappa shape index (κ3) is 3.24. The summed E-state index contributed by atoms with van der Waals surface area (Å²) >= 11 is 6.31. The lowest BCUT2D eigenvalue weighted by Crippen LogP contribution is -2.35. The summed E-state index contributed by atoms with van der Waals surface area (Å²) in [6.45, 7) is 5.40. The Balaban J connectivity index is 1.88. The number of aromatic nitrogens is 1. The Morgan fingerprint density at radius 3 is 2.61 bits per heavy atom. The normalized spacial score (nSPS) is 19.6. The molecule has 28 heavy (non-hydrogen) atoms. The minimum Gasteiger partial charge on any atom is -0.384 e. The van der Waals surface area contributed by atoms with Crippen LogP contribution in [0.5, 0.6) is 0 Å². The third-order valence-corrected chi connectivity index (χ3v) is 6.29. The highest BCUT2D eigenvalue weighted by Gasteiger charge is 2.33. The molecular formula is C23H26ClFN2O. The van der Waals surface area contributed by atoms with Gasteiger partial charge in [0.25, 0.3) is 0 Å². The maximum atomic E-state index is 13.4. The van der Waals surface area contributed by atoms with Crippen LogP contribution in [0, 0.1) is 5.82 Å². The molecule has 0 saturated heterocycles. The van der Waals surface area contributed by atoms with Crippen LogP contribution in [0.2, 0.25) is 5.02 Å². The van der Waals surface area contributed by atoms with Crippen molar-refractivity contribution in [3.05, 3.63) is 70.1 Å². The number of halogens is 2. The van der Waals surface area contributed by atoms with Crippen molar-refractivity contribution in [3.63, 3.8) is 0 Å². The molecule has 1 N–H and O–H groups in total. The zero-order valence-corrected chi connectivity index (χ0v) is 17.3. The monoisotopic (exact) mass is 400 g/mol. The van der Waals surface area contributed by atoms with E-state index in [1.807, 2.05) is 18.2 Å². The van der Waals surface area contributed by atoms with E-state index in [2.05, 4.69) is 23.4 Å². The molecule has 2 heterocycles. The number of benzene rings is 2. The van der Waals surface area contributed by atoms with Gasteiger partial charge in [-0.15, -0.1) is 0 Å². The highest BCUT2D eigenvalue weighted by Crippen LogP contribution is 2.40. The Morgan fingerprint density at radius 1 is 1.21 bits per heavy atom. The van der Waals surface area contributed by atoms with Gasteiger partial charge in [0.15, 0.2) is 0 Å². The maximum Gasteiger partial charge on any atom is 0.123 e. The minimum absolute atomic E-state index is 0.291. The lowest BCUT2D eigenvalue weighted by molar-refractivity contribution is 0.0370. The second-order valence-electron chi connectivity index (χ2n) is 8.05. The van der Waals surface area contributed by atoms with Gasteiger partial charge in [-0.3, -0.25) is 4.90 Å². The summed E-state index contributed by atoms with van der Waals surface area (Å²) in [4.78, 5) is 2.38. The summed E-state index contributed by atoms with van der Waals surface area (Å²) in [6.07, 6.45) is 1.96. The van der Waals surface area contributed by atoms with Gasteiger partial charge >= 0.3 is 0 Å². The number of rotatable bonds is 4. The molecule has 4 rings (SSSR count). The molecule has 1 aliphatic rings. The molecule has 0 fully saturated rings. The molecule has 0 saturated carbocycles. The first-order valence-electron chi connectivity index (χ1n) is 9.81. The van der Waals surface area contributed by atoms with Crippen molar-refractivity contribution in [2.24, 2.45) is 0 Å². The van der Waals surface area contributed by atoms with Crippen molar-refractivity contribution in [1.29, 1.82) is 0 Å². The van der Waals surface area contributed by atoms with Gasteiger partial charge in [-0.25, -0.2) is 4.39 Å². The van der Waals surface area contributed by atoms with Crippen molar-refractivity contribution < 1.29 is 9.50 Å². The molecular weight excluding hydrogens is 375 g/mol. The summed E-state index contributed by atoms with van der Waals surface area (Å²) in [7, 11) is 2.16. The maximum absolute atomic E-state index is 13.4. The first-order valence-corrected chi connectivity index (χ1v) is 10.2. The number of likely N-dealkylation sites (N-methyl/N-ethyl adjacent to an activating group) is 1. The van der Waals surface area contributed by atoms with Crippen LogP contribution in [0.15, 0.2) is 42.5 Å². The van der Waals surface area contributed by atoms with Crippen LogP contribution < -0.4 is 0 Å². The molecule has 0 bridgehead atoms. The zero-order chi connectivity index (χ0) is 20.1. The fraction of sp³-hybridized carbons (Fsp3) is 0.391. The minimum atomic E-state index is -1.12. The number of hydrogen-bond acceptors (Lipinski definition) is 2. The van der Waals surface area contributed by atoms with Crippen LogP contribution >= 0.6 is 11.6 Å². The fourth-order valence-corrected chi connectivity index (χ4v) is 4.77. The predicted octanol–water partition coefficient (Wildman–Crippen LogP) is 5.28. The smallest absolute Gasteiger partial charge is 0.123 e. The summed E-state index contributed by atoms with van der Waals surface area (Å²) in [6, 6.07) is 12.4. The average Bonchev–Trinajstić information content (AvgIpc) is 2.94. The van der Waals surface area contributed by atoms with Gasteiger partial charge in [0.1, 0.15) is 11.4 Å². The van der Waals surface area contributed by atoms with Crippen molar-refractivity contribution in [3.8, 4) is 0 Å². The Morgan fingerprint density at radius 2 is 1.93 bits per heavy atom. The van der Waals surface area contributed by atoms with E-state index < -0.39 is 5.60 Å². The van der Waals surface area contributed by atoms with Gasteiger partial charge in [0.2, 0.25) is 0 Å². The highest BCUT2D eigenvalue weighted by atomic mass is 35.5. The van der Waals surface area contributed by atoms with Crippen LogP contribution in [-0.2, 0) is 18.6 Å². The molecule has 2 atom stereocenters. The Kier molecular flexibility index (Phi) is 4.98. The van der Waals surface area contributed by atoms with E-state index in [-0.39, 0.29) is 5.82 Å². The Labute approximate surface area is 170 Å². The molecule has 2 unspecified atom stereocenters. The molecule has 3 nitrogen and oxygen atoms in total. The molecule has 0 amide bonds. The van der Waals surface area contributed by atoms with Crippen LogP contribution in [0.25, 0.3) is 10.9 Å². The Hall–Kier alpha value is -1.88. The largest absolute Gasteiger partial charge is 0.384 e. The molecule has 5 heteroatoms. The van der Waals surface area contributed by atoms with Crippen LogP contribution in [-0.4, -0.2) is 28.2 Å². The number of nitrogens with zero attached hydrogens (tertiary/aromatic N) is 2. The highest BCUT2D eigenvalue weighted by molar-refractivity contribution is 6.31. The summed E-state index contributed by atoms with van der Waals surface area (Å²) < 4.78 is 15.6. The summed E-state index contributed by atoms with van der Waals surface area (Å²) in [5, 5.41) is 13.2. The van der Waals surface area contributed by atoms with Crippen LogP contribution in [0.1, 0.15) is 43.1 Å². The first kappa shape index (κ1) is 19.4. The van der Waals surface area contributed by atoms with Crippen LogP contribution in [0.4, 0.5) is 4.39 Å². The van der Waals surface area contributed by atoms with E-state index in [1.165, 1.54) is 28.8 Å². The quantitative estimate of drug-likeness (QED) is 0.645. The van der Waals surface area contributed by atoms with Crippen molar-refractivity contribution in [2.75, 3.05) is 13.6 Å². The van der Waals surface area contributed by atoms with E-state index in [1.54, 1.807) is 19.1 Å². The molecule has 1 aliphatic heterocycles. The summed E-state index contributed by atoms with van der Waals surface area (Å²) in [5.74, 6) is -0.300. The van der Waals surface area contributed by atoms with Crippen molar-refractivity contribution >= 4 is 22.5 Å². The second kappa shape index (κ2) is 7.18. The molecule has 0 radical (unpaired) electrons. The third-order valence-electron chi connectivity index (χ3n) is 6.06. The summed E-state index contributed by atoms with van der Waals surface area (Å²) in [5.41, 5.74) is 3.26. The first-order chi connectivity index (χ1) is 13.3. The molecule has 0 aliphatic carbocycles. The van der Waals surface area contributed by atoms with Gasteiger partial charge in [0.05, 0.1) is 6.54 Å². The average molecular weight is 401 g/mol. The molecule has 1 aromatic heterocycles. The predicted molar refractivity (Wildman–Crippen MR) is 112 cm³/mol. The zero-order valence-electron chi connectivity index (χ0n) is 16.5. The van der Waals surface area contributed by atoms with E-state index in [9.17, 15) is 9.50 Å². The second-order valence-corrected chi connectivity index (χ2v) is 8.48. The number of aliphatic hydroxyl groups is 1. The van der Waals surface area contributed by atoms with E-state index >= 15 is 0 Å². The van der Waals surface area contributed by atoms with E-state index in [0.29, 0.717) is 18.2 Å². The SMILES string of the molecule is CCC1c2c(c3cc(Cl)ccc3n2CC(C)(O)c2ccc(F)cc2)CCN1C. The number of fused-ring (bicyclic) bond motifs is 3. The van der Waals surface area contributed by atoms with Crippen molar-refractivity contribution in [2.45, 2.75) is 44.9 Å². The molecule has 3 aromatic rings. The van der Waals surface area contributed by atoms with Gasteiger partial charge in [-0.05, 0) is 68.3 Å². The Bertz CT molecular complexity index is 1010. The van der Waals surface area contributed by atoms with E-state index in [0.717, 1.165) is 29.9 Å². The lowest BCUT2D eigenvalue weighted by atomic mass is 9.94. The van der Waals surface area contributed by atoms with Gasteiger partial charge in [-0.2, -0.15) is 0 Å². The molecule has 0 spiro atoms. The van der Waals surface area contributed by atoms with Crippen molar-refractivity contribution in [1.82, 2.24) is 9.47 Å². The molecule has 2 aromatic carbocycles. The molecule has 148 valence electrons. The number of hydrogen-bond donors (Lipinski definition) is 1. The van der Waals surface area contributed by atoms with Gasteiger partial charge in [0, 0.05) is 34.2 Å². The van der Waals surface area contributed by atoms with Gasteiger partial charge < -0.3 is 9.67 Å². The van der Waals surface area contributed by atoms with Crippen LogP contribution in [0.3, 0.4) is 0 Å². The van der Waals surface area contributed by atoms with E-state index in [4.69, 9.17) is 11.6 Å². The standard InChI is InChI=1S/C23H26ClFN2O/c1-4-20-22-18(11-12-26(20)3)19-13-16(24)7-10-21(19)27(22)14-23(2,28)15-5-8-17(25)9-6-15/h5-10,13,20,28H,4,11-12,14H2,1-3H3. The topological polar surface area (TPSA) is 28.4 Å². The lowest BCUT2D eigenvalue weighted by Gasteiger charge is -2.35.